The lowest BCUT2D eigenvalue weighted by molar-refractivity contribution is -0.278. The second-order valence-corrected chi connectivity index (χ2v) is 6.46. The third-order valence-electron chi connectivity index (χ3n) is 4.47. The second-order valence-electron chi connectivity index (χ2n) is 6.46. The van der Waals surface area contributed by atoms with Crippen LogP contribution in [0.25, 0.3) is 0 Å². The average Bonchev–Trinajstić information content (AvgIpc) is 2.60. The molecule has 0 aliphatic heterocycles. The van der Waals surface area contributed by atoms with Gasteiger partial charge in [-0.3, -0.25) is 9.59 Å². The van der Waals surface area contributed by atoms with E-state index < -0.39 is 18.3 Å². The van der Waals surface area contributed by atoms with E-state index in [2.05, 4.69) is 0 Å². The van der Waals surface area contributed by atoms with Crippen LogP contribution in [-0.2, 0) is 0 Å². The summed E-state index contributed by atoms with van der Waals surface area (Å²) in [4.78, 5) is 24.9. The van der Waals surface area contributed by atoms with Crippen LogP contribution in [0.3, 0.4) is 0 Å². The fourth-order valence-corrected chi connectivity index (χ4v) is 2.73. The largest absolute Gasteiger partial charge is 0.400 e. The number of rotatable bonds is 0. The van der Waals surface area contributed by atoms with Gasteiger partial charge < -0.3 is 0 Å². The summed E-state index contributed by atoms with van der Waals surface area (Å²) >= 11 is 0. The number of fused-ring (bicyclic) bond motifs is 2. The van der Waals surface area contributed by atoms with Gasteiger partial charge >= 0.3 is 12.4 Å². The zero-order valence-electron chi connectivity index (χ0n) is 15.1. The normalized spacial score (nSPS) is 13.6. The van der Waals surface area contributed by atoms with Crippen molar-refractivity contribution in [2.24, 2.45) is 5.92 Å². The highest BCUT2D eigenvalue weighted by Crippen LogP contribution is 2.38. The molecule has 0 radical (unpaired) electrons. The molecule has 2 aromatic carbocycles. The van der Waals surface area contributed by atoms with Crippen molar-refractivity contribution in [3.63, 3.8) is 0 Å². The highest BCUT2D eigenvalue weighted by Gasteiger charge is 2.53. The van der Waals surface area contributed by atoms with Gasteiger partial charge in [0.25, 0.3) is 0 Å². The highest BCUT2D eigenvalue weighted by atomic mass is 19.4. The summed E-state index contributed by atoms with van der Waals surface area (Å²) in [6.45, 7) is 3.83. The number of alkyl halides is 6. The quantitative estimate of drug-likeness (QED) is 0.444. The molecule has 2 aromatic rings. The number of ketones is 2. The van der Waals surface area contributed by atoms with Gasteiger partial charge in [-0.15, -0.1) is 0 Å². The van der Waals surface area contributed by atoms with E-state index in [9.17, 15) is 35.9 Å². The van der Waals surface area contributed by atoms with Crippen LogP contribution in [0.15, 0.2) is 36.4 Å². The van der Waals surface area contributed by atoms with E-state index in [4.69, 9.17) is 0 Å². The maximum absolute atomic E-state index is 12.5. The Morgan fingerprint density at radius 2 is 1.00 bits per heavy atom. The summed E-state index contributed by atoms with van der Waals surface area (Å²) in [6, 6.07) is 10.8. The van der Waals surface area contributed by atoms with Gasteiger partial charge in [-0.05, 0) is 31.9 Å². The van der Waals surface area contributed by atoms with Crippen LogP contribution in [0.2, 0.25) is 0 Å². The van der Waals surface area contributed by atoms with Gasteiger partial charge in [-0.25, -0.2) is 0 Å². The number of hydrogen-bond acceptors (Lipinski definition) is 2. The van der Waals surface area contributed by atoms with Crippen molar-refractivity contribution in [2.75, 3.05) is 0 Å². The van der Waals surface area contributed by atoms with E-state index in [1.165, 1.54) is 0 Å². The number of halogens is 6. The molecule has 0 unspecified atom stereocenters. The lowest BCUT2D eigenvalue weighted by atomic mass is 9.80. The predicted molar refractivity (Wildman–Crippen MR) is 90.5 cm³/mol. The van der Waals surface area contributed by atoms with Crippen molar-refractivity contribution in [3.05, 3.63) is 69.8 Å². The smallest absolute Gasteiger partial charge is 0.289 e. The Kier molecular flexibility index (Phi) is 5.73. The van der Waals surface area contributed by atoms with Crippen LogP contribution in [0.1, 0.15) is 49.9 Å². The molecule has 0 fully saturated rings. The number of aryl methyl sites for hydroxylation is 2. The second kappa shape index (κ2) is 7.41. The molecular weight excluding hydrogens is 386 g/mol. The average molecular weight is 402 g/mol. The molecule has 1 aliphatic carbocycles. The Labute approximate surface area is 157 Å². The molecule has 1 aliphatic rings. The topological polar surface area (TPSA) is 34.1 Å². The summed E-state index contributed by atoms with van der Waals surface area (Å²) in [6.07, 6.45) is -10.4. The first-order chi connectivity index (χ1) is 12.8. The zero-order chi connectivity index (χ0) is 21.4. The molecule has 0 atom stereocenters. The lowest BCUT2D eigenvalue weighted by Gasteiger charge is -2.20. The molecular formula is C20H16F6O2. The molecule has 0 aromatic heterocycles. The van der Waals surface area contributed by atoms with Crippen LogP contribution in [-0.4, -0.2) is 23.9 Å². The minimum Gasteiger partial charge on any atom is -0.289 e. The van der Waals surface area contributed by atoms with E-state index in [1.807, 2.05) is 26.0 Å². The third-order valence-corrected chi connectivity index (χ3v) is 4.47. The maximum Gasteiger partial charge on any atom is 0.400 e. The summed E-state index contributed by atoms with van der Waals surface area (Å²) in [5.74, 6) is -3.32. The Morgan fingerprint density at radius 3 is 1.25 bits per heavy atom. The third kappa shape index (κ3) is 4.10. The van der Waals surface area contributed by atoms with E-state index in [-0.39, 0.29) is 18.5 Å². The monoisotopic (exact) mass is 402 g/mol. The first kappa shape index (κ1) is 21.7. The van der Waals surface area contributed by atoms with Crippen LogP contribution in [0.5, 0.6) is 0 Å². The lowest BCUT2D eigenvalue weighted by Crippen LogP contribution is -2.33. The number of hydrogen-bond donors (Lipinski definition) is 0. The summed E-state index contributed by atoms with van der Waals surface area (Å²) < 4.78 is 67.4. The summed E-state index contributed by atoms with van der Waals surface area (Å²) in [5, 5.41) is 0. The van der Waals surface area contributed by atoms with Crippen LogP contribution >= 0.6 is 0 Å². The number of carbonyl (C=O) groups is 2. The van der Waals surface area contributed by atoms with Crippen molar-refractivity contribution in [1.29, 1.82) is 0 Å². The SMILES string of the molecule is CC(C(F)(F)F)C(F)(F)F.Cc1ccc(C)c2c1C(=O)c1ccccc1C2=O. The van der Waals surface area contributed by atoms with Gasteiger partial charge in [0.15, 0.2) is 11.6 Å². The van der Waals surface area contributed by atoms with Gasteiger partial charge in [-0.1, -0.05) is 36.4 Å². The van der Waals surface area contributed by atoms with Crippen molar-refractivity contribution in [1.82, 2.24) is 0 Å². The van der Waals surface area contributed by atoms with Gasteiger partial charge in [0.05, 0.1) is 0 Å². The fraction of sp³-hybridized carbons (Fsp3) is 0.300. The number of carbonyl (C=O) groups excluding carboxylic acids is 2. The molecule has 0 saturated heterocycles. The molecule has 3 rings (SSSR count). The van der Waals surface area contributed by atoms with Gasteiger partial charge in [0, 0.05) is 22.3 Å². The van der Waals surface area contributed by atoms with E-state index in [1.54, 1.807) is 24.3 Å². The molecule has 2 nitrogen and oxygen atoms in total. The van der Waals surface area contributed by atoms with Crippen molar-refractivity contribution < 1.29 is 35.9 Å². The number of benzene rings is 2. The molecule has 150 valence electrons. The Morgan fingerprint density at radius 1 is 0.679 bits per heavy atom. The molecule has 8 heteroatoms. The van der Waals surface area contributed by atoms with Gasteiger partial charge in [-0.2, -0.15) is 26.3 Å². The van der Waals surface area contributed by atoms with Crippen molar-refractivity contribution >= 4 is 11.6 Å². The minimum atomic E-state index is -5.18. The minimum absolute atomic E-state index is 0.0404. The van der Waals surface area contributed by atoms with E-state index in [0.717, 1.165) is 11.1 Å². The molecule has 28 heavy (non-hydrogen) atoms. The Bertz CT molecular complexity index is 851. The maximum atomic E-state index is 12.5. The zero-order valence-corrected chi connectivity index (χ0v) is 15.1. The van der Waals surface area contributed by atoms with Crippen molar-refractivity contribution in [2.45, 2.75) is 33.1 Å². The van der Waals surface area contributed by atoms with Crippen LogP contribution < -0.4 is 0 Å². The van der Waals surface area contributed by atoms with E-state index in [0.29, 0.717) is 22.3 Å². The summed E-state index contributed by atoms with van der Waals surface area (Å²) in [7, 11) is 0. The molecule has 0 spiro atoms. The van der Waals surface area contributed by atoms with Gasteiger partial charge in [0.2, 0.25) is 0 Å². The fourth-order valence-electron chi connectivity index (χ4n) is 2.73. The van der Waals surface area contributed by atoms with Gasteiger partial charge in [0.1, 0.15) is 5.92 Å². The van der Waals surface area contributed by atoms with Crippen molar-refractivity contribution in [3.8, 4) is 0 Å². The van der Waals surface area contributed by atoms with Crippen LogP contribution in [0.4, 0.5) is 26.3 Å². The first-order valence-electron chi connectivity index (χ1n) is 8.18. The molecule has 0 saturated carbocycles. The predicted octanol–water partition coefficient (Wildman–Crippen LogP) is 5.83. The standard InChI is InChI=1S/C16H12O2.C4H4F6/c1-9-7-8-10(2)14-13(9)15(17)11-5-3-4-6-12(11)16(14)18;1-2(3(5,6)7)4(8,9)10/h3-8H,1-2H3;2H,1H3. The Hall–Kier alpha value is -2.64. The van der Waals surface area contributed by atoms with Crippen LogP contribution in [0, 0.1) is 19.8 Å². The first-order valence-corrected chi connectivity index (χ1v) is 8.18. The molecule has 0 amide bonds. The molecule has 0 heterocycles. The van der Waals surface area contributed by atoms with E-state index >= 15 is 0 Å². The molecule has 0 bridgehead atoms. The highest BCUT2D eigenvalue weighted by molar-refractivity contribution is 6.29. The Balaban J connectivity index is 0.000000242. The molecule has 0 N–H and O–H groups in total. The summed E-state index contributed by atoms with van der Waals surface area (Å²) in [5.41, 5.74) is 3.90.